The highest BCUT2D eigenvalue weighted by Gasteiger charge is 2.19. The Morgan fingerprint density at radius 2 is 0.646 bits per heavy atom. The highest BCUT2D eigenvalue weighted by Crippen LogP contribution is 2.46. The van der Waals surface area contributed by atoms with Gasteiger partial charge in [0.25, 0.3) is 0 Å². The SMILES string of the molecule is c1ccc(-c2cccc(-c3ccc4c(-c5cccc6ccccc56)c5ccccc5c(-c5cccc(-c6ccccc6)c5)c4c3)c2)cc1. The van der Waals surface area contributed by atoms with E-state index in [9.17, 15) is 0 Å². The predicted molar refractivity (Wildman–Crippen MR) is 206 cm³/mol. The Morgan fingerprint density at radius 3 is 1.33 bits per heavy atom. The van der Waals surface area contributed by atoms with E-state index < -0.39 is 0 Å². The Bertz CT molecular complexity index is 2590. The maximum atomic E-state index is 2.42. The number of fused-ring (bicyclic) bond motifs is 3. The second kappa shape index (κ2) is 11.8. The Kier molecular flexibility index (Phi) is 6.91. The maximum Gasteiger partial charge on any atom is -0.00201 e. The summed E-state index contributed by atoms with van der Waals surface area (Å²) in [5.74, 6) is 0. The third-order valence-corrected chi connectivity index (χ3v) is 9.64. The van der Waals surface area contributed by atoms with Crippen molar-refractivity contribution in [3.8, 4) is 55.6 Å². The number of rotatable bonds is 5. The highest BCUT2D eigenvalue weighted by molar-refractivity contribution is 6.24. The van der Waals surface area contributed by atoms with Gasteiger partial charge in [-0.1, -0.05) is 176 Å². The van der Waals surface area contributed by atoms with Gasteiger partial charge in [0.2, 0.25) is 0 Å². The van der Waals surface area contributed by atoms with Crippen molar-refractivity contribution in [2.24, 2.45) is 0 Å². The molecule has 9 aromatic rings. The summed E-state index contributed by atoms with van der Waals surface area (Å²) in [7, 11) is 0. The standard InChI is InChI=1S/C48H32/c1-3-14-33(15-4-1)36-20-11-22-38(30-36)39-28-29-45-46(32-39)47(40-23-12-21-37(31-40)34-16-5-2-6-17-34)43-25-9-10-26-44(43)48(45)42-27-13-19-35-18-7-8-24-41(35)42/h1-32H. The van der Waals surface area contributed by atoms with Crippen molar-refractivity contribution >= 4 is 32.3 Å². The van der Waals surface area contributed by atoms with E-state index in [2.05, 4.69) is 194 Å². The molecule has 0 heteroatoms. The minimum Gasteiger partial charge on any atom is -0.0622 e. The fraction of sp³-hybridized carbons (Fsp3) is 0. The van der Waals surface area contributed by atoms with Gasteiger partial charge in [0.15, 0.2) is 0 Å². The van der Waals surface area contributed by atoms with Crippen molar-refractivity contribution in [1.82, 2.24) is 0 Å². The second-order valence-corrected chi connectivity index (χ2v) is 12.5. The first-order valence-electron chi connectivity index (χ1n) is 16.6. The van der Waals surface area contributed by atoms with E-state index >= 15 is 0 Å². The van der Waals surface area contributed by atoms with Crippen molar-refractivity contribution in [2.75, 3.05) is 0 Å². The van der Waals surface area contributed by atoms with Gasteiger partial charge < -0.3 is 0 Å². The van der Waals surface area contributed by atoms with Crippen LogP contribution < -0.4 is 0 Å². The lowest BCUT2D eigenvalue weighted by molar-refractivity contribution is 1.59. The molecular formula is C48H32. The van der Waals surface area contributed by atoms with Crippen molar-refractivity contribution < 1.29 is 0 Å². The van der Waals surface area contributed by atoms with Gasteiger partial charge in [-0.05, 0) is 106 Å². The molecule has 0 aliphatic rings. The largest absolute Gasteiger partial charge is 0.0622 e. The Morgan fingerprint density at radius 1 is 0.208 bits per heavy atom. The molecule has 0 aromatic heterocycles. The number of hydrogen-bond acceptors (Lipinski definition) is 0. The van der Waals surface area contributed by atoms with Crippen LogP contribution in [0.3, 0.4) is 0 Å². The van der Waals surface area contributed by atoms with Crippen LogP contribution in [0.4, 0.5) is 0 Å². The summed E-state index contributed by atoms with van der Waals surface area (Å²) in [6.07, 6.45) is 0. The molecule has 0 N–H and O–H groups in total. The first-order chi connectivity index (χ1) is 23.8. The molecule has 48 heavy (non-hydrogen) atoms. The molecule has 0 spiro atoms. The molecule has 9 rings (SSSR count). The molecule has 0 bridgehead atoms. The van der Waals surface area contributed by atoms with Crippen LogP contribution in [0.1, 0.15) is 0 Å². The summed E-state index contributed by atoms with van der Waals surface area (Å²) in [5.41, 5.74) is 12.3. The molecule has 0 atom stereocenters. The summed E-state index contributed by atoms with van der Waals surface area (Å²) in [6, 6.07) is 70.8. The van der Waals surface area contributed by atoms with Gasteiger partial charge in [0.05, 0.1) is 0 Å². The van der Waals surface area contributed by atoms with Crippen molar-refractivity contribution in [1.29, 1.82) is 0 Å². The molecule has 0 amide bonds. The van der Waals surface area contributed by atoms with Gasteiger partial charge in [-0.25, -0.2) is 0 Å². The zero-order chi connectivity index (χ0) is 31.9. The Labute approximate surface area is 281 Å². The van der Waals surface area contributed by atoms with Crippen LogP contribution in [-0.4, -0.2) is 0 Å². The first kappa shape index (κ1) is 28.0. The molecule has 9 aromatic carbocycles. The van der Waals surface area contributed by atoms with E-state index in [0.29, 0.717) is 0 Å². The molecule has 0 aliphatic carbocycles. The fourth-order valence-electron chi connectivity index (χ4n) is 7.40. The third-order valence-electron chi connectivity index (χ3n) is 9.64. The fourth-order valence-corrected chi connectivity index (χ4v) is 7.40. The summed E-state index contributed by atoms with van der Waals surface area (Å²) in [5, 5.41) is 7.55. The van der Waals surface area contributed by atoms with Crippen LogP contribution in [-0.2, 0) is 0 Å². The quantitative estimate of drug-likeness (QED) is 0.171. The van der Waals surface area contributed by atoms with E-state index in [-0.39, 0.29) is 0 Å². The van der Waals surface area contributed by atoms with E-state index in [4.69, 9.17) is 0 Å². The Balaban J connectivity index is 1.37. The van der Waals surface area contributed by atoms with E-state index in [1.54, 1.807) is 0 Å². The molecule has 0 heterocycles. The van der Waals surface area contributed by atoms with Crippen LogP contribution in [0, 0.1) is 0 Å². The highest BCUT2D eigenvalue weighted by atomic mass is 14.2. The summed E-state index contributed by atoms with van der Waals surface area (Å²) in [6.45, 7) is 0. The first-order valence-corrected chi connectivity index (χ1v) is 16.6. The number of hydrogen-bond donors (Lipinski definition) is 0. The number of benzene rings is 9. The van der Waals surface area contributed by atoms with Gasteiger partial charge in [0.1, 0.15) is 0 Å². The lowest BCUT2D eigenvalue weighted by Gasteiger charge is -2.20. The van der Waals surface area contributed by atoms with Gasteiger partial charge in [-0.2, -0.15) is 0 Å². The monoisotopic (exact) mass is 608 g/mol. The van der Waals surface area contributed by atoms with Crippen molar-refractivity contribution in [2.45, 2.75) is 0 Å². The van der Waals surface area contributed by atoms with E-state index in [1.807, 2.05) is 0 Å². The van der Waals surface area contributed by atoms with Crippen molar-refractivity contribution in [3.63, 3.8) is 0 Å². The minimum atomic E-state index is 1.21. The summed E-state index contributed by atoms with van der Waals surface area (Å²) < 4.78 is 0. The van der Waals surface area contributed by atoms with Crippen molar-refractivity contribution in [3.05, 3.63) is 194 Å². The van der Waals surface area contributed by atoms with Gasteiger partial charge in [0, 0.05) is 0 Å². The molecule has 0 saturated carbocycles. The molecule has 224 valence electrons. The lowest BCUT2D eigenvalue weighted by Crippen LogP contribution is -1.93. The van der Waals surface area contributed by atoms with Gasteiger partial charge in [-0.15, -0.1) is 0 Å². The summed E-state index contributed by atoms with van der Waals surface area (Å²) in [4.78, 5) is 0. The molecular weight excluding hydrogens is 577 g/mol. The molecule has 0 fully saturated rings. The average molecular weight is 609 g/mol. The Hall–Kier alpha value is -6.24. The van der Waals surface area contributed by atoms with Gasteiger partial charge in [-0.3, -0.25) is 0 Å². The summed E-state index contributed by atoms with van der Waals surface area (Å²) >= 11 is 0. The molecule has 0 unspecified atom stereocenters. The molecule has 0 nitrogen and oxygen atoms in total. The molecule has 0 radical (unpaired) electrons. The van der Waals surface area contributed by atoms with Crippen LogP contribution in [0.2, 0.25) is 0 Å². The molecule has 0 aliphatic heterocycles. The predicted octanol–water partition coefficient (Wildman–Crippen LogP) is 13.5. The lowest BCUT2D eigenvalue weighted by atomic mass is 9.83. The van der Waals surface area contributed by atoms with Crippen LogP contribution in [0.5, 0.6) is 0 Å². The average Bonchev–Trinajstić information content (AvgIpc) is 3.17. The zero-order valence-electron chi connectivity index (χ0n) is 26.5. The van der Waals surface area contributed by atoms with Crippen LogP contribution >= 0.6 is 0 Å². The normalized spacial score (nSPS) is 11.3. The second-order valence-electron chi connectivity index (χ2n) is 12.5. The van der Waals surface area contributed by atoms with Crippen LogP contribution in [0.25, 0.3) is 88.0 Å². The zero-order valence-corrected chi connectivity index (χ0v) is 26.5. The van der Waals surface area contributed by atoms with Gasteiger partial charge >= 0.3 is 0 Å². The maximum absolute atomic E-state index is 2.42. The van der Waals surface area contributed by atoms with E-state index in [1.165, 1.54) is 88.0 Å². The smallest absolute Gasteiger partial charge is 0.00201 e. The minimum absolute atomic E-state index is 1.21. The topological polar surface area (TPSA) is 0 Å². The molecule has 0 saturated heterocycles. The van der Waals surface area contributed by atoms with Crippen LogP contribution in [0.15, 0.2) is 194 Å². The van der Waals surface area contributed by atoms with E-state index in [0.717, 1.165) is 0 Å². The third kappa shape index (κ3) is 4.87.